The van der Waals surface area contributed by atoms with Gasteiger partial charge in [-0.1, -0.05) is 34.6 Å². The van der Waals surface area contributed by atoms with Crippen LogP contribution in [0.4, 0.5) is 0 Å². The normalized spacial score (nSPS) is 13.8. The second-order valence-electron chi connectivity index (χ2n) is 4.98. The molecule has 0 spiro atoms. The Balaban J connectivity index is 4.61. The van der Waals surface area contributed by atoms with Crippen molar-refractivity contribution < 1.29 is 0 Å². The van der Waals surface area contributed by atoms with Crippen molar-refractivity contribution in [3.8, 4) is 0 Å². The number of hydrogen-bond donors (Lipinski definition) is 4. The van der Waals surface area contributed by atoms with Crippen LogP contribution in [0.2, 0.25) is 0 Å². The maximum absolute atomic E-state index is 3.79. The van der Waals surface area contributed by atoms with Gasteiger partial charge in [0.1, 0.15) is 0 Å². The summed E-state index contributed by atoms with van der Waals surface area (Å²) in [6.45, 7) is 14.3. The lowest BCUT2D eigenvalue weighted by molar-refractivity contribution is 0.576. The molecule has 0 amide bonds. The van der Waals surface area contributed by atoms with Crippen molar-refractivity contribution in [3.05, 3.63) is 0 Å². The summed E-state index contributed by atoms with van der Waals surface area (Å²) in [5.41, 5.74) is 0. The molecule has 0 aromatic heterocycles. The zero-order chi connectivity index (χ0) is 13.9. The zero-order valence-corrected chi connectivity index (χ0v) is 14.0. The van der Waals surface area contributed by atoms with Crippen molar-refractivity contribution in [2.24, 2.45) is 0 Å². The molecule has 18 heavy (non-hydrogen) atoms. The fourth-order valence-corrected chi connectivity index (χ4v) is 5.25. The molecule has 4 nitrogen and oxygen atoms in total. The van der Waals surface area contributed by atoms with E-state index in [0.717, 1.165) is 26.1 Å². The van der Waals surface area contributed by atoms with Crippen molar-refractivity contribution in [3.63, 3.8) is 0 Å². The molecule has 5 heteroatoms. The van der Waals surface area contributed by atoms with E-state index < -0.39 is 8.72 Å². The van der Waals surface area contributed by atoms with Crippen LogP contribution in [0.3, 0.4) is 0 Å². The summed E-state index contributed by atoms with van der Waals surface area (Å²) in [7, 11) is -1.94. The monoisotopic (exact) mass is 274 g/mol. The topological polar surface area (TPSA) is 48.1 Å². The number of nitrogens with one attached hydrogen (secondary N) is 4. The van der Waals surface area contributed by atoms with Gasteiger partial charge in [0, 0.05) is 6.04 Å². The number of hydrogen-bond acceptors (Lipinski definition) is 4. The van der Waals surface area contributed by atoms with Crippen LogP contribution in [-0.2, 0) is 0 Å². The first kappa shape index (κ1) is 18.1. The lowest BCUT2D eigenvalue weighted by Gasteiger charge is -2.36. The molecular weight excluding hydrogens is 240 g/mol. The molecule has 0 radical (unpaired) electrons. The summed E-state index contributed by atoms with van der Waals surface area (Å²) in [5.74, 6) is 0. The highest BCUT2D eigenvalue weighted by molar-refractivity contribution is 6.70. The highest BCUT2D eigenvalue weighted by Gasteiger charge is 2.34. The van der Waals surface area contributed by atoms with E-state index in [4.69, 9.17) is 0 Å². The SMILES string of the molecule is CCCN[Si](NCCC)(NCCC)NC(C)CC. The largest absolute Gasteiger partial charge is 0.366 e. The Morgan fingerprint density at radius 1 is 0.778 bits per heavy atom. The molecule has 0 rings (SSSR count). The fourth-order valence-electron chi connectivity index (χ4n) is 1.75. The summed E-state index contributed by atoms with van der Waals surface area (Å²) in [6.07, 6.45) is 4.65. The second kappa shape index (κ2) is 10.9. The van der Waals surface area contributed by atoms with Crippen LogP contribution in [0.1, 0.15) is 60.3 Å². The van der Waals surface area contributed by atoms with Gasteiger partial charge in [0.25, 0.3) is 0 Å². The lowest BCUT2D eigenvalue weighted by atomic mass is 10.3. The van der Waals surface area contributed by atoms with E-state index in [1.54, 1.807) is 0 Å². The molecule has 1 unspecified atom stereocenters. The quantitative estimate of drug-likeness (QED) is 0.410. The fraction of sp³-hybridized carbons (Fsp3) is 1.00. The predicted molar refractivity (Wildman–Crippen MR) is 83.5 cm³/mol. The first-order valence-electron chi connectivity index (χ1n) is 7.66. The highest BCUT2D eigenvalue weighted by atomic mass is 28.4. The summed E-state index contributed by atoms with van der Waals surface area (Å²) < 4.78 is 0. The molecule has 0 aliphatic heterocycles. The first-order chi connectivity index (χ1) is 8.64. The van der Waals surface area contributed by atoms with Crippen LogP contribution < -0.4 is 19.9 Å². The maximum Gasteiger partial charge on any atom is 0.366 e. The third-order valence-corrected chi connectivity index (χ3v) is 6.26. The van der Waals surface area contributed by atoms with E-state index in [2.05, 4.69) is 54.5 Å². The molecule has 1 atom stereocenters. The minimum absolute atomic E-state index is 0.537. The molecule has 0 aliphatic carbocycles. The summed E-state index contributed by atoms with van der Waals surface area (Å²) in [4.78, 5) is 15.0. The van der Waals surface area contributed by atoms with Crippen molar-refractivity contribution in [2.75, 3.05) is 19.6 Å². The van der Waals surface area contributed by atoms with E-state index in [0.29, 0.717) is 6.04 Å². The lowest BCUT2D eigenvalue weighted by Crippen LogP contribution is -2.82. The summed E-state index contributed by atoms with van der Waals surface area (Å²) in [6, 6.07) is 0.537. The van der Waals surface area contributed by atoms with Crippen LogP contribution in [0.25, 0.3) is 0 Å². The minimum atomic E-state index is -1.94. The Hall–Kier alpha value is 0.0569. The van der Waals surface area contributed by atoms with Crippen LogP contribution in [0.15, 0.2) is 0 Å². The van der Waals surface area contributed by atoms with E-state index >= 15 is 0 Å². The van der Waals surface area contributed by atoms with Gasteiger partial charge in [-0.25, -0.2) is 0 Å². The van der Waals surface area contributed by atoms with Gasteiger partial charge in [0.05, 0.1) is 0 Å². The van der Waals surface area contributed by atoms with E-state index in [1.165, 1.54) is 19.3 Å². The van der Waals surface area contributed by atoms with Gasteiger partial charge < -0.3 is 14.9 Å². The van der Waals surface area contributed by atoms with Gasteiger partial charge in [-0.2, -0.15) is 0 Å². The molecule has 0 heterocycles. The Bertz CT molecular complexity index is 168. The van der Waals surface area contributed by atoms with Gasteiger partial charge in [0.15, 0.2) is 0 Å². The zero-order valence-electron chi connectivity index (χ0n) is 13.0. The van der Waals surface area contributed by atoms with Crippen molar-refractivity contribution in [1.82, 2.24) is 19.9 Å². The van der Waals surface area contributed by atoms with Crippen LogP contribution in [0.5, 0.6) is 0 Å². The molecular formula is C13H34N4Si. The summed E-state index contributed by atoms with van der Waals surface area (Å²) >= 11 is 0. The molecule has 0 fully saturated rings. The second-order valence-corrected chi connectivity index (χ2v) is 7.83. The van der Waals surface area contributed by atoms with E-state index in [9.17, 15) is 0 Å². The average Bonchev–Trinajstić information content (AvgIpc) is 2.40. The first-order valence-corrected chi connectivity index (χ1v) is 9.66. The Labute approximate surface area is 115 Å². The van der Waals surface area contributed by atoms with E-state index in [1.807, 2.05) is 0 Å². The highest BCUT2D eigenvalue weighted by Crippen LogP contribution is 1.95. The summed E-state index contributed by atoms with van der Waals surface area (Å²) in [5, 5.41) is 0. The average molecular weight is 275 g/mol. The Morgan fingerprint density at radius 3 is 1.44 bits per heavy atom. The Kier molecular flexibility index (Phi) is 11.0. The van der Waals surface area contributed by atoms with E-state index in [-0.39, 0.29) is 0 Å². The van der Waals surface area contributed by atoms with Crippen molar-refractivity contribution >= 4 is 8.72 Å². The van der Waals surface area contributed by atoms with Gasteiger partial charge in [-0.05, 0) is 45.3 Å². The van der Waals surface area contributed by atoms with Gasteiger partial charge in [0.2, 0.25) is 0 Å². The molecule has 110 valence electrons. The minimum Gasteiger partial charge on any atom is -0.301 e. The molecule has 0 aromatic carbocycles. The van der Waals surface area contributed by atoms with Crippen molar-refractivity contribution in [2.45, 2.75) is 66.3 Å². The number of rotatable bonds is 12. The molecule has 0 bridgehead atoms. The predicted octanol–water partition coefficient (Wildman–Crippen LogP) is 1.81. The molecule has 0 aliphatic rings. The molecule has 0 aromatic rings. The molecule has 0 saturated carbocycles. The van der Waals surface area contributed by atoms with Crippen LogP contribution in [0, 0.1) is 0 Å². The van der Waals surface area contributed by atoms with Gasteiger partial charge in [-0.3, -0.25) is 4.98 Å². The third-order valence-electron chi connectivity index (χ3n) is 3.00. The smallest absolute Gasteiger partial charge is 0.301 e. The van der Waals surface area contributed by atoms with Crippen LogP contribution in [-0.4, -0.2) is 34.4 Å². The third kappa shape index (κ3) is 7.48. The van der Waals surface area contributed by atoms with Gasteiger partial charge in [-0.15, -0.1) is 0 Å². The van der Waals surface area contributed by atoms with Gasteiger partial charge >= 0.3 is 8.72 Å². The Morgan fingerprint density at radius 2 is 1.17 bits per heavy atom. The maximum atomic E-state index is 3.79. The van der Waals surface area contributed by atoms with Crippen LogP contribution >= 0.6 is 0 Å². The molecule has 4 N–H and O–H groups in total. The van der Waals surface area contributed by atoms with Crippen molar-refractivity contribution in [1.29, 1.82) is 0 Å². The molecule has 0 saturated heterocycles. The standard InChI is InChI=1S/C13H34N4Si/c1-6-10-14-18(15-11-7-2,16-12-8-3)17-13(5)9-4/h13-17H,6-12H2,1-5H3.